The summed E-state index contributed by atoms with van der Waals surface area (Å²) < 4.78 is 0. The first-order valence-corrected chi connectivity index (χ1v) is 8.97. The molecular weight excluding hydrogens is 276 g/mol. The van der Waals surface area contributed by atoms with Crippen molar-refractivity contribution in [2.75, 3.05) is 0 Å². The zero-order valence-electron chi connectivity index (χ0n) is 13.7. The minimum absolute atomic E-state index is 0.0776. The molecule has 0 heterocycles. The summed E-state index contributed by atoms with van der Waals surface area (Å²) in [6.45, 7) is 4.47. The normalized spacial score (nSPS) is 54.3. The molecule has 3 fully saturated rings. The fraction of sp³-hybridized carbons (Fsp3) is 0.842. The number of hydrogen-bond donors (Lipinski definition) is 2. The van der Waals surface area contributed by atoms with Crippen LogP contribution in [0, 0.1) is 28.6 Å². The fourth-order valence-corrected chi connectivity index (χ4v) is 6.58. The van der Waals surface area contributed by atoms with E-state index in [1.165, 1.54) is 5.57 Å². The van der Waals surface area contributed by atoms with E-state index in [0.29, 0.717) is 17.8 Å². The van der Waals surface area contributed by atoms with Crippen molar-refractivity contribution >= 4 is 5.78 Å². The molecule has 122 valence electrons. The first kappa shape index (κ1) is 14.9. The molecule has 0 spiro atoms. The van der Waals surface area contributed by atoms with Crippen molar-refractivity contribution in [2.24, 2.45) is 28.6 Å². The molecule has 3 saturated carbocycles. The van der Waals surface area contributed by atoms with Crippen molar-refractivity contribution in [3.8, 4) is 0 Å². The number of aliphatic hydroxyl groups is 2. The summed E-state index contributed by atoms with van der Waals surface area (Å²) in [5, 5.41) is 21.2. The molecule has 4 aliphatic carbocycles. The summed E-state index contributed by atoms with van der Waals surface area (Å²) in [6.07, 6.45) is 7.71. The first-order chi connectivity index (χ1) is 10.4. The molecule has 7 unspecified atom stereocenters. The van der Waals surface area contributed by atoms with Crippen LogP contribution in [0.1, 0.15) is 58.8 Å². The molecule has 0 bridgehead atoms. The van der Waals surface area contributed by atoms with E-state index in [1.54, 1.807) is 0 Å². The van der Waals surface area contributed by atoms with Crippen LogP contribution in [0.4, 0.5) is 0 Å². The number of ketones is 1. The lowest BCUT2D eigenvalue weighted by Crippen LogP contribution is -2.55. The van der Waals surface area contributed by atoms with Crippen molar-refractivity contribution in [1.82, 2.24) is 0 Å². The lowest BCUT2D eigenvalue weighted by Gasteiger charge is -2.58. The van der Waals surface area contributed by atoms with Crippen molar-refractivity contribution in [1.29, 1.82) is 0 Å². The van der Waals surface area contributed by atoms with Crippen LogP contribution >= 0.6 is 0 Å². The molecule has 3 nitrogen and oxygen atoms in total. The second-order valence-corrected chi connectivity index (χ2v) is 8.69. The summed E-state index contributed by atoms with van der Waals surface area (Å²) in [4.78, 5) is 11.8. The van der Waals surface area contributed by atoms with E-state index in [9.17, 15) is 15.0 Å². The van der Waals surface area contributed by atoms with Gasteiger partial charge in [-0.2, -0.15) is 0 Å². The summed E-state index contributed by atoms with van der Waals surface area (Å²) in [5.41, 5.74) is 1.06. The molecule has 7 atom stereocenters. The Morgan fingerprint density at radius 2 is 1.82 bits per heavy atom. The average molecular weight is 304 g/mol. The number of hydrogen-bond acceptors (Lipinski definition) is 3. The van der Waals surface area contributed by atoms with Gasteiger partial charge in [-0.05, 0) is 67.8 Å². The Balaban J connectivity index is 1.72. The molecule has 4 aliphatic rings. The summed E-state index contributed by atoms with van der Waals surface area (Å²) in [5.74, 6) is 1.75. The Morgan fingerprint density at radius 1 is 1.05 bits per heavy atom. The Labute approximate surface area is 132 Å². The first-order valence-electron chi connectivity index (χ1n) is 8.97. The molecule has 0 aliphatic heterocycles. The lowest BCUT2D eigenvalue weighted by atomic mass is 9.47. The average Bonchev–Trinajstić information content (AvgIpc) is 2.77. The Hall–Kier alpha value is -0.670. The van der Waals surface area contributed by atoms with Crippen LogP contribution in [-0.2, 0) is 4.79 Å². The van der Waals surface area contributed by atoms with E-state index in [2.05, 4.69) is 13.8 Å². The van der Waals surface area contributed by atoms with E-state index in [0.717, 1.165) is 38.5 Å². The van der Waals surface area contributed by atoms with Crippen LogP contribution < -0.4 is 0 Å². The van der Waals surface area contributed by atoms with Gasteiger partial charge >= 0.3 is 0 Å². The summed E-state index contributed by atoms with van der Waals surface area (Å²) in [6, 6.07) is 0. The molecule has 4 rings (SSSR count). The third-order valence-corrected chi connectivity index (χ3v) is 8.02. The highest BCUT2D eigenvalue weighted by Crippen LogP contribution is 2.65. The van der Waals surface area contributed by atoms with Gasteiger partial charge in [0.25, 0.3) is 0 Å². The monoisotopic (exact) mass is 304 g/mol. The highest BCUT2D eigenvalue weighted by Gasteiger charge is 2.60. The molecule has 0 aromatic carbocycles. The number of fused-ring (bicyclic) bond motifs is 5. The van der Waals surface area contributed by atoms with Crippen molar-refractivity contribution < 1.29 is 15.0 Å². The van der Waals surface area contributed by atoms with E-state index in [4.69, 9.17) is 0 Å². The minimum atomic E-state index is -0.525. The molecule has 2 N–H and O–H groups in total. The van der Waals surface area contributed by atoms with Crippen LogP contribution in [-0.4, -0.2) is 28.2 Å². The largest absolute Gasteiger partial charge is 0.393 e. The van der Waals surface area contributed by atoms with Gasteiger partial charge in [-0.15, -0.1) is 0 Å². The van der Waals surface area contributed by atoms with Gasteiger partial charge in [0.2, 0.25) is 0 Å². The molecule has 0 radical (unpaired) electrons. The Kier molecular flexibility index (Phi) is 3.16. The van der Waals surface area contributed by atoms with E-state index in [1.807, 2.05) is 6.08 Å². The van der Waals surface area contributed by atoms with Crippen molar-refractivity contribution in [2.45, 2.75) is 71.0 Å². The number of aliphatic hydroxyl groups excluding tert-OH is 2. The van der Waals surface area contributed by atoms with E-state index in [-0.39, 0.29) is 29.1 Å². The third kappa shape index (κ3) is 1.73. The summed E-state index contributed by atoms with van der Waals surface area (Å²) in [7, 11) is 0. The van der Waals surface area contributed by atoms with Gasteiger partial charge in [-0.3, -0.25) is 4.79 Å². The third-order valence-electron chi connectivity index (χ3n) is 8.02. The van der Waals surface area contributed by atoms with Crippen LogP contribution in [0.25, 0.3) is 0 Å². The predicted octanol–water partition coefficient (Wildman–Crippen LogP) is 2.85. The van der Waals surface area contributed by atoms with Gasteiger partial charge in [0, 0.05) is 11.8 Å². The SMILES string of the molecule is CC12CCC3C(CCC4=CC(=O)CC(O)C43C)C1CCC2O. The quantitative estimate of drug-likeness (QED) is 0.723. The topological polar surface area (TPSA) is 57.5 Å². The van der Waals surface area contributed by atoms with Crippen LogP contribution in [0.2, 0.25) is 0 Å². The lowest BCUT2D eigenvalue weighted by molar-refractivity contribution is -0.129. The number of carbonyl (C=O) groups excluding carboxylic acids is 1. The molecule has 3 heteroatoms. The van der Waals surface area contributed by atoms with Crippen LogP contribution in [0.5, 0.6) is 0 Å². The van der Waals surface area contributed by atoms with Gasteiger partial charge in [-0.1, -0.05) is 19.4 Å². The fourth-order valence-electron chi connectivity index (χ4n) is 6.58. The smallest absolute Gasteiger partial charge is 0.158 e. The molecular formula is C19H28O3. The predicted molar refractivity (Wildman–Crippen MR) is 84.1 cm³/mol. The second kappa shape index (κ2) is 4.67. The molecule has 22 heavy (non-hydrogen) atoms. The zero-order valence-corrected chi connectivity index (χ0v) is 13.7. The molecule has 0 amide bonds. The van der Waals surface area contributed by atoms with Gasteiger partial charge < -0.3 is 10.2 Å². The highest BCUT2D eigenvalue weighted by molar-refractivity contribution is 5.92. The van der Waals surface area contributed by atoms with Gasteiger partial charge in [0.1, 0.15) is 0 Å². The summed E-state index contributed by atoms with van der Waals surface area (Å²) >= 11 is 0. The van der Waals surface area contributed by atoms with Gasteiger partial charge in [0.15, 0.2) is 5.78 Å². The second-order valence-electron chi connectivity index (χ2n) is 8.69. The number of rotatable bonds is 0. The van der Waals surface area contributed by atoms with Crippen LogP contribution in [0.15, 0.2) is 11.6 Å². The maximum atomic E-state index is 11.8. The van der Waals surface area contributed by atoms with Crippen molar-refractivity contribution in [3.63, 3.8) is 0 Å². The Morgan fingerprint density at radius 3 is 2.59 bits per heavy atom. The maximum absolute atomic E-state index is 11.8. The zero-order chi connectivity index (χ0) is 15.7. The minimum Gasteiger partial charge on any atom is -0.393 e. The molecule has 0 aromatic heterocycles. The van der Waals surface area contributed by atoms with Crippen molar-refractivity contribution in [3.05, 3.63) is 11.6 Å². The molecule has 0 aromatic rings. The Bertz CT molecular complexity index is 539. The van der Waals surface area contributed by atoms with E-state index < -0.39 is 6.10 Å². The van der Waals surface area contributed by atoms with Crippen LogP contribution in [0.3, 0.4) is 0 Å². The van der Waals surface area contributed by atoms with Gasteiger partial charge in [0.05, 0.1) is 12.2 Å². The maximum Gasteiger partial charge on any atom is 0.158 e. The number of carbonyl (C=O) groups is 1. The standard InChI is InChI=1S/C19H28O3/c1-18-8-7-15-13(14(18)5-6-16(18)21)4-3-11-9-12(20)10-17(22)19(11,15)2/h9,13-17,21-22H,3-8,10H2,1-2H3. The van der Waals surface area contributed by atoms with E-state index >= 15 is 0 Å². The molecule has 0 saturated heterocycles. The van der Waals surface area contributed by atoms with Gasteiger partial charge in [-0.25, -0.2) is 0 Å². The highest BCUT2D eigenvalue weighted by atomic mass is 16.3.